The summed E-state index contributed by atoms with van der Waals surface area (Å²) >= 11 is 0. The number of hydrogen-bond donors (Lipinski definition) is 1. The molecule has 1 aliphatic heterocycles. The minimum atomic E-state index is -4.63. The van der Waals surface area contributed by atoms with E-state index >= 15 is 0 Å². The Morgan fingerprint density at radius 2 is 2.06 bits per heavy atom. The van der Waals surface area contributed by atoms with Gasteiger partial charge in [-0.2, -0.15) is 13.2 Å². The Kier molecular flexibility index (Phi) is 2.68. The number of nitrogens with two attached hydrogens (primary N) is 1. The van der Waals surface area contributed by atoms with Gasteiger partial charge in [-0.25, -0.2) is 9.38 Å². The lowest BCUT2D eigenvalue weighted by Crippen LogP contribution is -2.12. The summed E-state index contributed by atoms with van der Waals surface area (Å²) in [5.74, 6) is -0.947. The van der Waals surface area contributed by atoms with Crippen LogP contribution in [0.4, 0.5) is 17.6 Å². The van der Waals surface area contributed by atoms with Crippen molar-refractivity contribution in [2.24, 2.45) is 10.7 Å². The molecule has 0 saturated carbocycles. The summed E-state index contributed by atoms with van der Waals surface area (Å²) in [5, 5.41) is 0. The largest absolute Gasteiger partial charge is 0.463 e. The summed E-state index contributed by atoms with van der Waals surface area (Å²) in [6.45, 7) is -0.0689. The number of alkyl halides is 3. The van der Waals surface area contributed by atoms with Crippen LogP contribution >= 0.6 is 0 Å². The maximum absolute atomic E-state index is 12.8. The van der Waals surface area contributed by atoms with Gasteiger partial charge in [0.1, 0.15) is 18.5 Å². The highest BCUT2D eigenvalue weighted by Crippen LogP contribution is 2.37. The molecule has 0 amide bonds. The van der Waals surface area contributed by atoms with Crippen LogP contribution < -0.4 is 5.73 Å². The SMILES string of the molecule is NC1=N[C@@H](c2ccc(F)cc2C(F)(F)F)CO1. The summed E-state index contributed by atoms with van der Waals surface area (Å²) in [5.41, 5.74) is 4.03. The summed E-state index contributed by atoms with van der Waals surface area (Å²) in [4.78, 5) is 3.71. The third-order valence-electron chi connectivity index (χ3n) is 2.35. The predicted octanol–water partition coefficient (Wildman–Crippen LogP) is 2.23. The molecule has 0 spiro atoms. The van der Waals surface area contributed by atoms with Crippen molar-refractivity contribution in [1.82, 2.24) is 0 Å². The highest BCUT2D eigenvalue weighted by atomic mass is 19.4. The van der Waals surface area contributed by atoms with Crippen LogP contribution in [-0.2, 0) is 10.9 Å². The molecule has 7 heteroatoms. The molecule has 1 heterocycles. The molecule has 1 aromatic carbocycles. The maximum Gasteiger partial charge on any atom is 0.416 e. The number of rotatable bonds is 1. The van der Waals surface area contributed by atoms with Crippen molar-refractivity contribution in [2.75, 3.05) is 6.61 Å². The first kappa shape index (κ1) is 11.7. The van der Waals surface area contributed by atoms with Gasteiger partial charge in [-0.1, -0.05) is 6.07 Å². The number of hydrogen-bond acceptors (Lipinski definition) is 3. The average Bonchev–Trinajstić information content (AvgIpc) is 2.63. The van der Waals surface area contributed by atoms with Gasteiger partial charge in [0.15, 0.2) is 0 Å². The van der Waals surface area contributed by atoms with E-state index in [1.807, 2.05) is 0 Å². The minimum Gasteiger partial charge on any atom is -0.463 e. The van der Waals surface area contributed by atoms with Crippen molar-refractivity contribution in [3.63, 3.8) is 0 Å². The van der Waals surface area contributed by atoms with Crippen LogP contribution in [0.1, 0.15) is 17.2 Å². The molecule has 0 aromatic heterocycles. The zero-order valence-corrected chi connectivity index (χ0v) is 8.46. The highest BCUT2D eigenvalue weighted by molar-refractivity contribution is 5.73. The molecule has 1 atom stereocenters. The molecule has 0 saturated heterocycles. The molecule has 92 valence electrons. The molecule has 2 N–H and O–H groups in total. The topological polar surface area (TPSA) is 47.6 Å². The first-order valence-electron chi connectivity index (χ1n) is 4.70. The molecule has 2 rings (SSSR count). The lowest BCUT2D eigenvalue weighted by atomic mass is 10.0. The number of amidine groups is 1. The molecule has 0 fully saturated rings. The van der Waals surface area contributed by atoms with E-state index in [-0.39, 0.29) is 18.2 Å². The first-order valence-corrected chi connectivity index (χ1v) is 4.70. The molecule has 3 nitrogen and oxygen atoms in total. The van der Waals surface area contributed by atoms with Crippen LogP contribution in [0.3, 0.4) is 0 Å². The van der Waals surface area contributed by atoms with Crippen molar-refractivity contribution in [3.8, 4) is 0 Å². The van der Waals surface area contributed by atoms with Gasteiger partial charge in [-0.3, -0.25) is 0 Å². The number of ether oxygens (including phenoxy) is 1. The number of aliphatic imine (C=N–C) groups is 1. The van der Waals surface area contributed by atoms with Crippen molar-refractivity contribution >= 4 is 6.02 Å². The lowest BCUT2D eigenvalue weighted by molar-refractivity contribution is -0.138. The summed E-state index contributed by atoms with van der Waals surface area (Å²) < 4.78 is 55.7. The van der Waals surface area contributed by atoms with Crippen LogP contribution in [0.15, 0.2) is 23.2 Å². The molecular weight excluding hydrogens is 240 g/mol. The Labute approximate surface area is 93.9 Å². The second-order valence-corrected chi connectivity index (χ2v) is 3.52. The van der Waals surface area contributed by atoms with Gasteiger partial charge in [-0.15, -0.1) is 0 Å². The van der Waals surface area contributed by atoms with Gasteiger partial charge in [0.25, 0.3) is 6.02 Å². The van der Waals surface area contributed by atoms with Crippen LogP contribution in [0, 0.1) is 5.82 Å². The Bertz CT molecular complexity index is 470. The quantitative estimate of drug-likeness (QED) is 0.775. The Morgan fingerprint density at radius 3 is 2.59 bits per heavy atom. The Morgan fingerprint density at radius 1 is 1.35 bits per heavy atom. The maximum atomic E-state index is 12.8. The van der Waals surface area contributed by atoms with E-state index in [9.17, 15) is 17.6 Å². The molecule has 0 unspecified atom stereocenters. The third-order valence-corrected chi connectivity index (χ3v) is 2.35. The van der Waals surface area contributed by atoms with Gasteiger partial charge >= 0.3 is 6.18 Å². The summed E-state index contributed by atoms with van der Waals surface area (Å²) in [6, 6.07) is 1.45. The van der Waals surface area contributed by atoms with Crippen molar-refractivity contribution < 1.29 is 22.3 Å². The fraction of sp³-hybridized carbons (Fsp3) is 0.300. The summed E-state index contributed by atoms with van der Waals surface area (Å²) in [7, 11) is 0. The van der Waals surface area contributed by atoms with E-state index in [0.29, 0.717) is 6.07 Å². The Hall–Kier alpha value is -1.79. The first-order chi connectivity index (χ1) is 7.88. The van der Waals surface area contributed by atoms with Crippen LogP contribution in [0.5, 0.6) is 0 Å². The second kappa shape index (κ2) is 3.90. The number of halogens is 4. The van der Waals surface area contributed by atoms with Crippen molar-refractivity contribution in [3.05, 3.63) is 35.1 Å². The molecule has 0 bridgehead atoms. The normalized spacial score (nSPS) is 20.0. The molecule has 0 radical (unpaired) electrons. The van der Waals surface area contributed by atoms with Crippen molar-refractivity contribution in [1.29, 1.82) is 0 Å². The van der Waals surface area contributed by atoms with E-state index in [2.05, 4.69) is 4.99 Å². The second-order valence-electron chi connectivity index (χ2n) is 3.52. The van der Waals surface area contributed by atoms with Crippen LogP contribution in [0.2, 0.25) is 0 Å². The zero-order chi connectivity index (χ0) is 12.6. The molecule has 17 heavy (non-hydrogen) atoms. The van der Waals surface area contributed by atoms with E-state index in [1.54, 1.807) is 0 Å². The standard InChI is InChI=1S/C10H8F4N2O/c11-5-1-2-6(7(3-5)10(12,13)14)8-4-17-9(15)16-8/h1-3,8H,4H2,(H2,15,16)/t8-/m1/s1. The fourth-order valence-corrected chi connectivity index (χ4v) is 1.62. The average molecular weight is 248 g/mol. The smallest absolute Gasteiger partial charge is 0.416 e. The van der Waals surface area contributed by atoms with Gasteiger partial charge < -0.3 is 10.5 Å². The monoisotopic (exact) mass is 248 g/mol. The zero-order valence-electron chi connectivity index (χ0n) is 8.46. The van der Waals surface area contributed by atoms with E-state index in [4.69, 9.17) is 10.5 Å². The van der Waals surface area contributed by atoms with Crippen molar-refractivity contribution in [2.45, 2.75) is 12.2 Å². The van der Waals surface area contributed by atoms with E-state index < -0.39 is 23.6 Å². The Balaban J connectivity index is 2.47. The van der Waals surface area contributed by atoms with E-state index in [0.717, 1.165) is 12.1 Å². The molecular formula is C10H8F4N2O. The molecule has 1 aliphatic rings. The lowest BCUT2D eigenvalue weighted by Gasteiger charge is -2.14. The highest BCUT2D eigenvalue weighted by Gasteiger charge is 2.36. The van der Waals surface area contributed by atoms with E-state index in [1.165, 1.54) is 0 Å². The van der Waals surface area contributed by atoms with Gasteiger partial charge in [0.05, 0.1) is 5.56 Å². The minimum absolute atomic E-state index is 0.0689. The van der Waals surface area contributed by atoms with Crippen LogP contribution in [0.25, 0.3) is 0 Å². The van der Waals surface area contributed by atoms with Gasteiger partial charge in [0.2, 0.25) is 0 Å². The van der Waals surface area contributed by atoms with Gasteiger partial charge in [-0.05, 0) is 17.7 Å². The van der Waals surface area contributed by atoms with Crippen LogP contribution in [-0.4, -0.2) is 12.6 Å². The number of nitrogens with zero attached hydrogens (tertiary/aromatic N) is 1. The molecule has 1 aromatic rings. The third kappa shape index (κ3) is 2.32. The van der Waals surface area contributed by atoms with Gasteiger partial charge in [0, 0.05) is 0 Å². The predicted molar refractivity (Wildman–Crippen MR) is 51.7 cm³/mol. The summed E-state index contributed by atoms with van der Waals surface area (Å²) in [6.07, 6.45) is -4.63. The number of benzene rings is 1. The fourth-order valence-electron chi connectivity index (χ4n) is 1.62. The molecule has 0 aliphatic carbocycles.